The van der Waals surface area contributed by atoms with Gasteiger partial charge in [-0.25, -0.2) is 0 Å². The van der Waals surface area contributed by atoms with Crippen LogP contribution in [0, 0.1) is 5.41 Å². The number of nitrogens with zero attached hydrogens (tertiary/aromatic N) is 1. The first-order valence-electron chi connectivity index (χ1n) is 6.95. The van der Waals surface area contributed by atoms with Gasteiger partial charge in [-0.3, -0.25) is 10.3 Å². The zero-order chi connectivity index (χ0) is 13.9. The maximum atomic E-state index is 7.67. The molecule has 0 bridgehead atoms. The highest BCUT2D eigenvalue weighted by Gasteiger charge is 2.17. The lowest BCUT2D eigenvalue weighted by atomic mass is 9.98. The first kappa shape index (κ1) is 12.9. The second-order valence-corrected chi connectivity index (χ2v) is 5.30. The number of amidine groups is 1. The summed E-state index contributed by atoms with van der Waals surface area (Å²) in [6, 6.07) is 16.6. The third-order valence-electron chi connectivity index (χ3n) is 3.91. The van der Waals surface area contributed by atoms with Gasteiger partial charge in [0.2, 0.25) is 0 Å². The highest BCUT2D eigenvalue weighted by atomic mass is 15.1. The van der Waals surface area contributed by atoms with Crippen LogP contribution in [0.4, 0.5) is 0 Å². The highest BCUT2D eigenvalue weighted by molar-refractivity contribution is 5.96. The second kappa shape index (κ2) is 5.47. The van der Waals surface area contributed by atoms with Crippen LogP contribution in [0.2, 0.25) is 0 Å². The van der Waals surface area contributed by atoms with Crippen molar-refractivity contribution in [3.8, 4) is 0 Å². The summed E-state index contributed by atoms with van der Waals surface area (Å²) in [4.78, 5) is 2.42. The Balaban J connectivity index is 1.79. The van der Waals surface area contributed by atoms with E-state index in [0.717, 1.165) is 37.2 Å². The molecule has 0 radical (unpaired) electrons. The third-order valence-corrected chi connectivity index (χ3v) is 3.91. The van der Waals surface area contributed by atoms with E-state index < -0.39 is 0 Å². The molecule has 1 aliphatic rings. The zero-order valence-electron chi connectivity index (χ0n) is 11.5. The van der Waals surface area contributed by atoms with Crippen molar-refractivity contribution in [2.45, 2.75) is 19.5 Å². The van der Waals surface area contributed by atoms with Gasteiger partial charge in [-0.1, -0.05) is 48.5 Å². The summed E-state index contributed by atoms with van der Waals surface area (Å²) in [7, 11) is 0. The molecule has 0 aliphatic carbocycles. The predicted molar refractivity (Wildman–Crippen MR) is 81.7 cm³/mol. The number of hydrogen-bond acceptors (Lipinski definition) is 2. The molecule has 0 fully saturated rings. The molecule has 1 heterocycles. The molecular formula is C17H19N3. The van der Waals surface area contributed by atoms with Crippen molar-refractivity contribution in [3.63, 3.8) is 0 Å². The molecule has 3 nitrogen and oxygen atoms in total. The Labute approximate surface area is 119 Å². The molecule has 0 spiro atoms. The van der Waals surface area contributed by atoms with Crippen LogP contribution in [0.3, 0.4) is 0 Å². The Morgan fingerprint density at radius 2 is 1.75 bits per heavy atom. The number of nitrogens with two attached hydrogens (primary N) is 1. The lowest BCUT2D eigenvalue weighted by molar-refractivity contribution is 0.245. The molecule has 0 aromatic heterocycles. The minimum atomic E-state index is 0.151. The van der Waals surface area contributed by atoms with Gasteiger partial charge in [-0.05, 0) is 23.1 Å². The Kier molecular flexibility index (Phi) is 3.52. The van der Waals surface area contributed by atoms with Gasteiger partial charge < -0.3 is 5.73 Å². The lowest BCUT2D eigenvalue weighted by Gasteiger charge is -2.29. The van der Waals surface area contributed by atoms with Crippen molar-refractivity contribution in [3.05, 3.63) is 70.8 Å². The van der Waals surface area contributed by atoms with Gasteiger partial charge in [0.25, 0.3) is 0 Å². The van der Waals surface area contributed by atoms with Crippen molar-refractivity contribution in [1.82, 2.24) is 4.90 Å². The molecule has 0 unspecified atom stereocenters. The third kappa shape index (κ3) is 2.58. The first-order chi connectivity index (χ1) is 9.74. The quantitative estimate of drug-likeness (QED) is 0.662. The van der Waals surface area contributed by atoms with Gasteiger partial charge in [0.05, 0.1) is 0 Å². The van der Waals surface area contributed by atoms with Crippen LogP contribution in [0.15, 0.2) is 48.5 Å². The summed E-state index contributed by atoms with van der Waals surface area (Å²) in [5.41, 5.74) is 10.5. The molecular weight excluding hydrogens is 246 g/mol. The predicted octanol–water partition coefficient (Wildman–Crippen LogP) is 2.53. The van der Waals surface area contributed by atoms with Gasteiger partial charge in [-0.2, -0.15) is 0 Å². The molecule has 0 saturated carbocycles. The fraction of sp³-hybridized carbons (Fsp3) is 0.235. The van der Waals surface area contributed by atoms with Gasteiger partial charge in [0.1, 0.15) is 5.84 Å². The minimum absolute atomic E-state index is 0.151. The summed E-state index contributed by atoms with van der Waals surface area (Å²) in [5.74, 6) is 0.151. The van der Waals surface area contributed by atoms with E-state index in [4.69, 9.17) is 11.1 Å². The first-order valence-corrected chi connectivity index (χ1v) is 6.95. The number of nitrogen functional groups attached to an aromatic ring is 1. The van der Waals surface area contributed by atoms with Crippen molar-refractivity contribution >= 4 is 5.84 Å². The van der Waals surface area contributed by atoms with Crippen LogP contribution in [-0.4, -0.2) is 17.3 Å². The number of benzene rings is 2. The second-order valence-electron chi connectivity index (χ2n) is 5.30. The molecule has 20 heavy (non-hydrogen) atoms. The summed E-state index contributed by atoms with van der Waals surface area (Å²) in [6.45, 7) is 2.88. The number of hydrogen-bond donors (Lipinski definition) is 2. The van der Waals surface area contributed by atoms with Crippen LogP contribution in [0.1, 0.15) is 22.3 Å². The fourth-order valence-electron chi connectivity index (χ4n) is 2.85. The van der Waals surface area contributed by atoms with E-state index in [0.29, 0.717) is 0 Å². The van der Waals surface area contributed by atoms with Crippen LogP contribution in [-0.2, 0) is 19.5 Å². The minimum Gasteiger partial charge on any atom is -0.384 e. The Morgan fingerprint density at radius 1 is 1.05 bits per heavy atom. The van der Waals surface area contributed by atoms with E-state index in [9.17, 15) is 0 Å². The lowest BCUT2D eigenvalue weighted by Crippen LogP contribution is -2.30. The molecule has 1 aliphatic heterocycles. The van der Waals surface area contributed by atoms with Crippen molar-refractivity contribution in [2.75, 3.05) is 6.54 Å². The molecule has 3 N–H and O–H groups in total. The maximum Gasteiger partial charge on any atom is 0.123 e. The number of rotatable bonds is 3. The Hall–Kier alpha value is -2.13. The van der Waals surface area contributed by atoms with E-state index in [1.165, 1.54) is 11.1 Å². The molecule has 2 aromatic carbocycles. The van der Waals surface area contributed by atoms with E-state index >= 15 is 0 Å². The fourth-order valence-corrected chi connectivity index (χ4v) is 2.85. The molecule has 2 aromatic rings. The topological polar surface area (TPSA) is 53.1 Å². The van der Waals surface area contributed by atoms with E-state index in [2.05, 4.69) is 35.2 Å². The Morgan fingerprint density at radius 3 is 2.55 bits per heavy atom. The summed E-state index contributed by atoms with van der Waals surface area (Å²) >= 11 is 0. The van der Waals surface area contributed by atoms with Gasteiger partial charge in [0.15, 0.2) is 0 Å². The maximum absolute atomic E-state index is 7.67. The molecule has 3 rings (SSSR count). The average Bonchev–Trinajstić information content (AvgIpc) is 2.47. The SMILES string of the molecule is N=C(N)c1ccccc1CN1CCc2ccccc2C1. The largest absolute Gasteiger partial charge is 0.384 e. The molecule has 0 saturated heterocycles. The smallest absolute Gasteiger partial charge is 0.123 e. The molecule has 0 amide bonds. The molecule has 102 valence electrons. The van der Waals surface area contributed by atoms with Crippen LogP contribution < -0.4 is 5.73 Å². The van der Waals surface area contributed by atoms with Gasteiger partial charge >= 0.3 is 0 Å². The summed E-state index contributed by atoms with van der Waals surface area (Å²) in [6.07, 6.45) is 1.10. The van der Waals surface area contributed by atoms with Crippen molar-refractivity contribution in [1.29, 1.82) is 5.41 Å². The molecule has 3 heteroatoms. The normalized spacial score (nSPS) is 14.8. The molecule has 0 atom stereocenters. The van der Waals surface area contributed by atoms with Crippen LogP contribution in [0.5, 0.6) is 0 Å². The van der Waals surface area contributed by atoms with Crippen LogP contribution >= 0.6 is 0 Å². The standard InChI is InChI=1S/C17H19N3/c18-17(19)16-8-4-3-7-15(16)12-20-10-9-13-5-1-2-6-14(13)11-20/h1-8H,9-12H2,(H3,18,19). The van der Waals surface area contributed by atoms with Crippen LogP contribution in [0.25, 0.3) is 0 Å². The van der Waals surface area contributed by atoms with Gasteiger partial charge in [0, 0.05) is 25.2 Å². The number of fused-ring (bicyclic) bond motifs is 1. The van der Waals surface area contributed by atoms with Crippen molar-refractivity contribution in [2.24, 2.45) is 5.73 Å². The van der Waals surface area contributed by atoms with Gasteiger partial charge in [-0.15, -0.1) is 0 Å². The summed E-state index contributed by atoms with van der Waals surface area (Å²) < 4.78 is 0. The van der Waals surface area contributed by atoms with Crippen molar-refractivity contribution < 1.29 is 0 Å². The Bertz CT molecular complexity index is 634. The van der Waals surface area contributed by atoms with E-state index in [-0.39, 0.29) is 5.84 Å². The zero-order valence-corrected chi connectivity index (χ0v) is 11.5. The van der Waals surface area contributed by atoms with E-state index in [1.807, 2.05) is 18.2 Å². The van der Waals surface area contributed by atoms with E-state index in [1.54, 1.807) is 0 Å². The number of nitrogens with one attached hydrogen (secondary N) is 1. The average molecular weight is 265 g/mol. The highest BCUT2D eigenvalue weighted by Crippen LogP contribution is 2.21. The monoisotopic (exact) mass is 265 g/mol. The summed E-state index contributed by atoms with van der Waals surface area (Å²) in [5, 5.41) is 7.67.